The Kier molecular flexibility index (Phi) is 3.26. The second kappa shape index (κ2) is 4.85. The first kappa shape index (κ1) is 10.8. The largest absolute Gasteiger partial charge is 0.384 e. The van der Waals surface area contributed by atoms with Crippen molar-refractivity contribution in [2.24, 2.45) is 7.05 Å². The molecule has 0 bridgehead atoms. The van der Waals surface area contributed by atoms with E-state index in [1.807, 2.05) is 23.7 Å². The molecule has 0 spiro atoms. The summed E-state index contributed by atoms with van der Waals surface area (Å²) in [6.45, 7) is 0.652. The lowest BCUT2D eigenvalue weighted by atomic mass is 10.3. The maximum atomic E-state index is 5.02. The van der Waals surface area contributed by atoms with Gasteiger partial charge in [-0.15, -0.1) is 10.2 Å². The average Bonchev–Trinajstić information content (AvgIpc) is 2.69. The molecule has 0 radical (unpaired) electrons. The van der Waals surface area contributed by atoms with E-state index in [9.17, 15) is 0 Å². The molecule has 0 aromatic carbocycles. The minimum absolute atomic E-state index is 0.652. The fraction of sp³-hybridized carbons (Fsp3) is 0.364. The molecule has 0 atom stereocenters. The van der Waals surface area contributed by atoms with Crippen molar-refractivity contribution in [2.75, 3.05) is 13.7 Å². The Balaban J connectivity index is 2.27. The summed E-state index contributed by atoms with van der Waals surface area (Å²) >= 11 is 0. The minimum Gasteiger partial charge on any atom is -0.384 e. The van der Waals surface area contributed by atoms with Crippen molar-refractivity contribution in [2.45, 2.75) is 6.42 Å². The maximum Gasteiger partial charge on any atom is 0.165 e. The number of ether oxygens (including phenoxy) is 1. The van der Waals surface area contributed by atoms with Gasteiger partial charge < -0.3 is 9.30 Å². The molecule has 0 aliphatic heterocycles. The molecule has 0 N–H and O–H groups in total. The van der Waals surface area contributed by atoms with Gasteiger partial charge in [-0.05, 0) is 12.1 Å². The summed E-state index contributed by atoms with van der Waals surface area (Å²) in [5.74, 6) is 1.75. The predicted molar refractivity (Wildman–Crippen MR) is 59.8 cm³/mol. The van der Waals surface area contributed by atoms with E-state index in [2.05, 4.69) is 15.2 Å². The smallest absolute Gasteiger partial charge is 0.165 e. The van der Waals surface area contributed by atoms with Crippen molar-refractivity contribution < 1.29 is 4.74 Å². The van der Waals surface area contributed by atoms with Crippen LogP contribution in [0.25, 0.3) is 11.4 Å². The van der Waals surface area contributed by atoms with Gasteiger partial charge in [0.25, 0.3) is 0 Å². The number of hydrogen-bond donors (Lipinski definition) is 0. The Bertz CT molecular complexity index is 452. The SMILES string of the molecule is COCCc1nnc(-c2cccnc2)n1C. The molecule has 5 nitrogen and oxygen atoms in total. The van der Waals surface area contributed by atoms with Crippen molar-refractivity contribution in [3.63, 3.8) is 0 Å². The lowest BCUT2D eigenvalue weighted by molar-refractivity contribution is 0.200. The van der Waals surface area contributed by atoms with Gasteiger partial charge in [-0.3, -0.25) is 4.98 Å². The summed E-state index contributed by atoms with van der Waals surface area (Å²) in [7, 11) is 3.63. The first-order valence-electron chi connectivity index (χ1n) is 5.10. The summed E-state index contributed by atoms with van der Waals surface area (Å²) in [6.07, 6.45) is 4.29. The third kappa shape index (κ3) is 2.09. The summed E-state index contributed by atoms with van der Waals surface area (Å²) in [6, 6.07) is 3.86. The van der Waals surface area contributed by atoms with Gasteiger partial charge in [-0.2, -0.15) is 0 Å². The van der Waals surface area contributed by atoms with Crippen molar-refractivity contribution >= 4 is 0 Å². The lowest BCUT2D eigenvalue weighted by Crippen LogP contribution is -2.03. The van der Waals surface area contributed by atoms with Crippen LogP contribution in [-0.4, -0.2) is 33.5 Å². The molecular formula is C11H14N4O. The van der Waals surface area contributed by atoms with Gasteiger partial charge in [0.1, 0.15) is 5.82 Å². The van der Waals surface area contributed by atoms with Gasteiger partial charge in [0.05, 0.1) is 6.61 Å². The Labute approximate surface area is 94.1 Å². The predicted octanol–water partition coefficient (Wildman–Crippen LogP) is 1.07. The minimum atomic E-state index is 0.652. The molecule has 84 valence electrons. The first-order valence-corrected chi connectivity index (χ1v) is 5.10. The fourth-order valence-corrected chi connectivity index (χ4v) is 1.52. The van der Waals surface area contributed by atoms with E-state index in [0.29, 0.717) is 6.61 Å². The van der Waals surface area contributed by atoms with Crippen molar-refractivity contribution in [3.8, 4) is 11.4 Å². The van der Waals surface area contributed by atoms with E-state index in [4.69, 9.17) is 4.74 Å². The van der Waals surface area contributed by atoms with Crippen molar-refractivity contribution in [1.29, 1.82) is 0 Å². The summed E-state index contributed by atoms with van der Waals surface area (Å²) in [5.41, 5.74) is 0.973. The molecule has 5 heteroatoms. The number of pyridine rings is 1. The van der Waals surface area contributed by atoms with E-state index >= 15 is 0 Å². The first-order chi connectivity index (χ1) is 7.83. The molecule has 0 aliphatic carbocycles. The maximum absolute atomic E-state index is 5.02. The molecule has 16 heavy (non-hydrogen) atoms. The Hall–Kier alpha value is -1.75. The van der Waals surface area contributed by atoms with Crippen LogP contribution in [0.1, 0.15) is 5.82 Å². The van der Waals surface area contributed by atoms with Crippen LogP contribution in [0, 0.1) is 0 Å². The molecule has 0 saturated carbocycles. The van der Waals surface area contributed by atoms with E-state index < -0.39 is 0 Å². The van der Waals surface area contributed by atoms with Gasteiger partial charge in [0.2, 0.25) is 0 Å². The summed E-state index contributed by atoms with van der Waals surface area (Å²) in [4.78, 5) is 4.07. The molecule has 0 saturated heterocycles. The zero-order valence-corrected chi connectivity index (χ0v) is 9.42. The monoisotopic (exact) mass is 218 g/mol. The highest BCUT2D eigenvalue weighted by atomic mass is 16.5. The van der Waals surface area contributed by atoms with Crippen LogP contribution in [-0.2, 0) is 18.2 Å². The molecular weight excluding hydrogens is 204 g/mol. The van der Waals surface area contributed by atoms with E-state index in [1.54, 1.807) is 19.5 Å². The Morgan fingerprint density at radius 1 is 1.38 bits per heavy atom. The fourth-order valence-electron chi connectivity index (χ4n) is 1.52. The number of aromatic nitrogens is 4. The average molecular weight is 218 g/mol. The third-order valence-corrected chi connectivity index (χ3v) is 2.41. The second-order valence-electron chi connectivity index (χ2n) is 3.48. The normalized spacial score (nSPS) is 10.6. The van der Waals surface area contributed by atoms with Gasteiger partial charge in [-0.1, -0.05) is 0 Å². The highest BCUT2D eigenvalue weighted by molar-refractivity contribution is 5.53. The molecule has 2 aromatic heterocycles. The zero-order valence-electron chi connectivity index (χ0n) is 9.42. The highest BCUT2D eigenvalue weighted by Gasteiger charge is 2.09. The van der Waals surface area contributed by atoms with Crippen LogP contribution in [0.5, 0.6) is 0 Å². The Morgan fingerprint density at radius 3 is 2.94 bits per heavy atom. The second-order valence-corrected chi connectivity index (χ2v) is 3.48. The lowest BCUT2D eigenvalue weighted by Gasteiger charge is -2.02. The number of rotatable bonds is 4. The van der Waals surface area contributed by atoms with Crippen LogP contribution < -0.4 is 0 Å². The third-order valence-electron chi connectivity index (χ3n) is 2.41. The molecule has 2 aromatic rings. The molecule has 0 fully saturated rings. The number of nitrogens with zero attached hydrogens (tertiary/aromatic N) is 4. The highest BCUT2D eigenvalue weighted by Crippen LogP contribution is 2.15. The molecule has 2 heterocycles. The molecule has 0 aliphatic rings. The quantitative estimate of drug-likeness (QED) is 0.770. The van der Waals surface area contributed by atoms with E-state index in [1.165, 1.54) is 0 Å². The van der Waals surface area contributed by atoms with Crippen LogP contribution in [0.2, 0.25) is 0 Å². The molecule has 0 amide bonds. The van der Waals surface area contributed by atoms with Crippen LogP contribution in [0.4, 0.5) is 0 Å². The standard InChI is InChI=1S/C11H14N4O/c1-15-10(5-7-16-2)13-14-11(15)9-4-3-6-12-8-9/h3-4,6,8H,5,7H2,1-2H3. The van der Waals surface area contributed by atoms with Crippen molar-refractivity contribution in [3.05, 3.63) is 30.4 Å². The summed E-state index contributed by atoms with van der Waals surface area (Å²) in [5, 5.41) is 8.29. The van der Waals surface area contributed by atoms with Crippen LogP contribution >= 0.6 is 0 Å². The van der Waals surface area contributed by atoms with Crippen LogP contribution in [0.15, 0.2) is 24.5 Å². The van der Waals surface area contributed by atoms with Crippen LogP contribution in [0.3, 0.4) is 0 Å². The summed E-state index contributed by atoms with van der Waals surface area (Å²) < 4.78 is 6.99. The molecule has 2 rings (SSSR count). The van der Waals surface area contributed by atoms with Gasteiger partial charge in [0.15, 0.2) is 5.82 Å². The number of hydrogen-bond acceptors (Lipinski definition) is 4. The Morgan fingerprint density at radius 2 is 2.25 bits per heavy atom. The number of methoxy groups -OCH3 is 1. The zero-order chi connectivity index (χ0) is 11.4. The topological polar surface area (TPSA) is 52.8 Å². The van der Waals surface area contributed by atoms with Crippen molar-refractivity contribution in [1.82, 2.24) is 19.7 Å². The van der Waals surface area contributed by atoms with E-state index in [-0.39, 0.29) is 0 Å². The van der Waals surface area contributed by atoms with Gasteiger partial charge >= 0.3 is 0 Å². The van der Waals surface area contributed by atoms with E-state index in [0.717, 1.165) is 23.6 Å². The molecule has 0 unspecified atom stereocenters. The van der Waals surface area contributed by atoms with Gasteiger partial charge in [0, 0.05) is 38.5 Å². The van der Waals surface area contributed by atoms with Gasteiger partial charge in [-0.25, -0.2) is 0 Å².